The lowest BCUT2D eigenvalue weighted by Crippen LogP contribution is -2.49. The number of likely N-dealkylation sites (tertiary alicyclic amines) is 1. The molecule has 6 nitrogen and oxygen atoms in total. The lowest BCUT2D eigenvalue weighted by Gasteiger charge is -2.38. The molecule has 0 aromatic heterocycles. The fraction of sp³-hybridized carbons (Fsp3) is 0.882. The quantitative estimate of drug-likeness (QED) is 0.697. The van der Waals surface area contributed by atoms with E-state index in [0.717, 1.165) is 38.7 Å². The average Bonchev–Trinajstić information content (AvgIpc) is 3.03. The summed E-state index contributed by atoms with van der Waals surface area (Å²) in [6, 6.07) is 0.413. The minimum absolute atomic E-state index is 0.0712. The van der Waals surface area contributed by atoms with Crippen molar-refractivity contribution in [3.05, 3.63) is 0 Å². The molecular formula is C17H29NO5. The van der Waals surface area contributed by atoms with Crippen LogP contribution >= 0.6 is 0 Å². The minimum Gasteiger partial charge on any atom is -0.454 e. The molecule has 0 aromatic carbocycles. The number of amides is 1. The van der Waals surface area contributed by atoms with Crippen LogP contribution in [0.5, 0.6) is 0 Å². The molecule has 2 aliphatic heterocycles. The molecule has 2 aliphatic rings. The van der Waals surface area contributed by atoms with Crippen LogP contribution in [0.2, 0.25) is 0 Å². The molecule has 6 heteroatoms. The number of hydrogen-bond donors (Lipinski definition) is 0. The summed E-state index contributed by atoms with van der Waals surface area (Å²) in [5, 5.41) is 0. The predicted octanol–water partition coefficient (Wildman–Crippen LogP) is 1.90. The molecule has 1 amide bonds. The molecule has 0 N–H and O–H groups in total. The van der Waals surface area contributed by atoms with Gasteiger partial charge in [-0.15, -0.1) is 0 Å². The molecule has 4 atom stereocenters. The van der Waals surface area contributed by atoms with E-state index in [1.807, 2.05) is 18.7 Å². The Labute approximate surface area is 138 Å². The van der Waals surface area contributed by atoms with Crippen molar-refractivity contribution in [3.8, 4) is 0 Å². The average molecular weight is 327 g/mol. The molecule has 2 heterocycles. The Morgan fingerprint density at radius 2 is 1.87 bits per heavy atom. The fourth-order valence-electron chi connectivity index (χ4n) is 3.33. The van der Waals surface area contributed by atoms with Crippen LogP contribution in [-0.4, -0.2) is 60.9 Å². The zero-order chi connectivity index (χ0) is 16.8. The number of ether oxygens (including phenoxy) is 3. The third kappa shape index (κ3) is 5.18. The number of carbonyl (C=O) groups excluding carboxylic acids is 2. The van der Waals surface area contributed by atoms with E-state index in [9.17, 15) is 9.59 Å². The maximum atomic E-state index is 12.3. The fourth-order valence-corrected chi connectivity index (χ4v) is 3.33. The molecule has 2 rings (SSSR count). The molecule has 2 fully saturated rings. The molecule has 0 aliphatic carbocycles. The molecule has 0 spiro atoms. The van der Waals surface area contributed by atoms with E-state index in [-0.39, 0.29) is 30.7 Å². The zero-order valence-electron chi connectivity index (χ0n) is 14.5. The van der Waals surface area contributed by atoms with Crippen LogP contribution < -0.4 is 0 Å². The van der Waals surface area contributed by atoms with Crippen LogP contribution in [-0.2, 0) is 23.8 Å². The smallest absolute Gasteiger partial charge is 0.335 e. The summed E-state index contributed by atoms with van der Waals surface area (Å²) in [5.74, 6) is -0.613. The van der Waals surface area contributed by atoms with Crippen molar-refractivity contribution >= 4 is 11.9 Å². The monoisotopic (exact) mass is 327 g/mol. The van der Waals surface area contributed by atoms with Gasteiger partial charge in [0.05, 0.1) is 12.7 Å². The standard InChI is InChI=1S/C17H29NO5/c1-12-6-4-7-13(2)18(12)16(19)11-23-17(20)14(3)22-10-15-8-5-9-21-15/h12-15H,4-11H2,1-3H3. The highest BCUT2D eigenvalue weighted by Crippen LogP contribution is 2.22. The Hall–Kier alpha value is -1.14. The highest BCUT2D eigenvalue weighted by molar-refractivity contribution is 5.82. The van der Waals surface area contributed by atoms with Crippen molar-refractivity contribution in [1.82, 2.24) is 4.90 Å². The second kappa shape index (κ2) is 8.64. The largest absolute Gasteiger partial charge is 0.454 e. The predicted molar refractivity (Wildman–Crippen MR) is 85.0 cm³/mol. The van der Waals surface area contributed by atoms with Crippen LogP contribution in [0, 0.1) is 0 Å². The first-order chi connectivity index (χ1) is 11.0. The first-order valence-electron chi connectivity index (χ1n) is 8.70. The molecule has 0 radical (unpaired) electrons. The molecule has 0 saturated carbocycles. The van der Waals surface area contributed by atoms with Gasteiger partial charge in [0.25, 0.3) is 5.91 Å². The van der Waals surface area contributed by atoms with E-state index in [1.54, 1.807) is 6.92 Å². The van der Waals surface area contributed by atoms with Gasteiger partial charge in [0.15, 0.2) is 12.7 Å². The van der Waals surface area contributed by atoms with E-state index in [2.05, 4.69) is 0 Å². The van der Waals surface area contributed by atoms with Gasteiger partial charge in [0, 0.05) is 18.7 Å². The van der Waals surface area contributed by atoms with Gasteiger partial charge in [0.1, 0.15) is 0 Å². The number of hydrogen-bond acceptors (Lipinski definition) is 5. The second-order valence-corrected chi connectivity index (χ2v) is 6.65. The van der Waals surface area contributed by atoms with Crippen molar-refractivity contribution in [2.24, 2.45) is 0 Å². The highest BCUT2D eigenvalue weighted by atomic mass is 16.6. The lowest BCUT2D eigenvalue weighted by molar-refractivity contribution is -0.164. The first-order valence-corrected chi connectivity index (χ1v) is 8.70. The number of piperidine rings is 1. The summed E-state index contributed by atoms with van der Waals surface area (Å²) in [5.41, 5.74) is 0. The minimum atomic E-state index is -0.678. The van der Waals surface area contributed by atoms with Crippen molar-refractivity contribution in [2.45, 2.75) is 77.2 Å². The molecule has 2 saturated heterocycles. The van der Waals surface area contributed by atoms with Crippen LogP contribution in [0.3, 0.4) is 0 Å². The number of nitrogens with zero attached hydrogens (tertiary/aromatic N) is 1. The van der Waals surface area contributed by atoms with E-state index < -0.39 is 12.1 Å². The van der Waals surface area contributed by atoms with Crippen LogP contribution in [0.1, 0.15) is 52.9 Å². The summed E-state index contributed by atoms with van der Waals surface area (Å²) < 4.78 is 16.1. The Bertz CT molecular complexity index is 398. The van der Waals surface area contributed by atoms with Crippen LogP contribution in [0.4, 0.5) is 0 Å². The first kappa shape index (κ1) is 18.2. The summed E-state index contributed by atoms with van der Waals surface area (Å²) in [7, 11) is 0. The normalized spacial score (nSPS) is 29.3. The van der Waals surface area contributed by atoms with Gasteiger partial charge in [-0.25, -0.2) is 4.79 Å². The maximum absolute atomic E-state index is 12.3. The van der Waals surface area contributed by atoms with Gasteiger partial charge in [-0.1, -0.05) is 0 Å². The van der Waals surface area contributed by atoms with Crippen LogP contribution in [0.15, 0.2) is 0 Å². The Morgan fingerprint density at radius 3 is 2.48 bits per heavy atom. The molecule has 23 heavy (non-hydrogen) atoms. The Morgan fingerprint density at radius 1 is 1.17 bits per heavy atom. The Balaban J connectivity index is 1.70. The van der Waals surface area contributed by atoms with Crippen molar-refractivity contribution in [1.29, 1.82) is 0 Å². The van der Waals surface area contributed by atoms with Gasteiger partial charge < -0.3 is 19.1 Å². The van der Waals surface area contributed by atoms with E-state index >= 15 is 0 Å². The second-order valence-electron chi connectivity index (χ2n) is 6.65. The summed E-state index contributed by atoms with van der Waals surface area (Å²) in [4.78, 5) is 26.1. The summed E-state index contributed by atoms with van der Waals surface area (Å²) in [6.45, 7) is 6.68. The van der Waals surface area contributed by atoms with E-state index in [0.29, 0.717) is 6.61 Å². The molecule has 132 valence electrons. The Kier molecular flexibility index (Phi) is 6.84. The lowest BCUT2D eigenvalue weighted by atomic mass is 9.97. The van der Waals surface area contributed by atoms with Crippen molar-refractivity contribution < 1.29 is 23.8 Å². The third-order valence-corrected chi connectivity index (χ3v) is 4.71. The van der Waals surface area contributed by atoms with Gasteiger partial charge in [-0.3, -0.25) is 4.79 Å². The van der Waals surface area contributed by atoms with Gasteiger partial charge in [-0.05, 0) is 52.9 Å². The van der Waals surface area contributed by atoms with Crippen LogP contribution in [0.25, 0.3) is 0 Å². The molecule has 0 aromatic rings. The zero-order valence-corrected chi connectivity index (χ0v) is 14.5. The number of rotatable bonds is 6. The summed E-state index contributed by atoms with van der Waals surface area (Å²) in [6.07, 6.45) is 4.54. The summed E-state index contributed by atoms with van der Waals surface area (Å²) >= 11 is 0. The van der Waals surface area contributed by atoms with Crippen molar-refractivity contribution in [2.75, 3.05) is 19.8 Å². The molecular weight excluding hydrogens is 298 g/mol. The van der Waals surface area contributed by atoms with Crippen molar-refractivity contribution in [3.63, 3.8) is 0 Å². The number of carbonyl (C=O) groups is 2. The molecule has 0 bridgehead atoms. The third-order valence-electron chi connectivity index (χ3n) is 4.71. The SMILES string of the molecule is CC(OCC1CCCO1)C(=O)OCC(=O)N1C(C)CCCC1C. The molecule has 4 unspecified atom stereocenters. The van der Waals surface area contributed by atoms with Gasteiger partial charge >= 0.3 is 5.97 Å². The van der Waals surface area contributed by atoms with Gasteiger partial charge in [0.2, 0.25) is 0 Å². The maximum Gasteiger partial charge on any atom is 0.335 e. The number of esters is 1. The topological polar surface area (TPSA) is 65.1 Å². The van der Waals surface area contributed by atoms with E-state index in [4.69, 9.17) is 14.2 Å². The highest BCUT2D eigenvalue weighted by Gasteiger charge is 2.30. The van der Waals surface area contributed by atoms with E-state index in [1.165, 1.54) is 0 Å². The van der Waals surface area contributed by atoms with Gasteiger partial charge in [-0.2, -0.15) is 0 Å².